The van der Waals surface area contributed by atoms with Gasteiger partial charge < -0.3 is 24.7 Å². The van der Waals surface area contributed by atoms with Gasteiger partial charge in [0.15, 0.2) is 5.56 Å². The van der Waals surface area contributed by atoms with Gasteiger partial charge in [0.1, 0.15) is 5.75 Å². The molecular formula is C26H32Cl2N4O4. The second-order valence-corrected chi connectivity index (χ2v) is 10.2. The number of hydrogen-bond acceptors (Lipinski definition) is 5. The number of aromatic carboxylic acids is 1. The van der Waals surface area contributed by atoms with Crippen molar-refractivity contribution in [2.45, 2.75) is 38.3 Å². The number of carboxylic acid groups (broad SMARTS) is 1. The van der Waals surface area contributed by atoms with Crippen LogP contribution in [0.15, 0.2) is 23.0 Å². The van der Waals surface area contributed by atoms with E-state index in [1.807, 2.05) is 0 Å². The highest BCUT2D eigenvalue weighted by atomic mass is 35.5. The van der Waals surface area contributed by atoms with Crippen molar-refractivity contribution in [1.82, 2.24) is 19.4 Å². The molecule has 2 aliphatic heterocycles. The molecule has 3 aromatic rings. The fourth-order valence-corrected chi connectivity index (χ4v) is 6.45. The lowest BCUT2D eigenvalue weighted by atomic mass is 9.98. The number of halogens is 2. The largest absolute Gasteiger partial charge is 0.506 e. The maximum atomic E-state index is 12.5. The lowest BCUT2D eigenvalue weighted by molar-refractivity contribution is 0.0691. The van der Waals surface area contributed by atoms with Crippen molar-refractivity contribution in [3.8, 4) is 17.0 Å². The number of hydrogen-bond donors (Lipinski definition) is 3. The summed E-state index contributed by atoms with van der Waals surface area (Å²) in [5.41, 5.74) is 4.11. The molecule has 2 unspecified atom stereocenters. The Morgan fingerprint density at radius 2 is 1.92 bits per heavy atom. The highest BCUT2D eigenvalue weighted by molar-refractivity contribution is 5.93. The van der Waals surface area contributed by atoms with E-state index in [4.69, 9.17) is 0 Å². The van der Waals surface area contributed by atoms with E-state index in [1.165, 1.54) is 18.7 Å². The molecule has 3 aliphatic rings. The van der Waals surface area contributed by atoms with E-state index in [9.17, 15) is 19.8 Å². The molecule has 0 bridgehead atoms. The second kappa shape index (κ2) is 9.74. The van der Waals surface area contributed by atoms with Gasteiger partial charge in [-0.3, -0.25) is 9.69 Å². The van der Waals surface area contributed by atoms with Gasteiger partial charge in [-0.2, -0.15) is 0 Å². The van der Waals surface area contributed by atoms with Crippen LogP contribution in [0, 0.1) is 5.92 Å². The molecule has 6 rings (SSSR count). The standard InChI is InChI=1S/C26H30N4O4.2ClH/c1-28-7-6-15-11-30(13-21(15)28)12-17-8-16-9-19-14(10-20(16)29(17)2)4-3-5-18-23(19)27-25(32)22(24(18)31)26(33)34;;/h8-10,15,21H,3-7,11-13H2,1-2H3,(H,33,34)(H2,27,31,32);2*1H. The number of aromatic hydroxyl groups is 1. The number of rotatable bonds is 3. The number of carboxylic acids is 1. The number of nitrogens with one attached hydrogen (secondary N) is 1. The third-order valence-corrected chi connectivity index (χ3v) is 8.30. The second-order valence-electron chi connectivity index (χ2n) is 10.2. The average Bonchev–Trinajstić information content (AvgIpc) is 3.39. The Labute approximate surface area is 221 Å². The summed E-state index contributed by atoms with van der Waals surface area (Å²) < 4.78 is 2.27. The maximum Gasteiger partial charge on any atom is 0.345 e. The number of carbonyl (C=O) groups is 1. The molecule has 2 fully saturated rings. The number of H-pyrrole nitrogens is 1. The van der Waals surface area contributed by atoms with Crippen molar-refractivity contribution >= 4 is 41.7 Å². The van der Waals surface area contributed by atoms with Gasteiger partial charge in [-0.25, -0.2) is 4.79 Å². The van der Waals surface area contributed by atoms with Gasteiger partial charge in [0.05, 0.1) is 5.69 Å². The zero-order chi connectivity index (χ0) is 23.7. The van der Waals surface area contributed by atoms with Gasteiger partial charge in [0.2, 0.25) is 0 Å². The molecule has 0 spiro atoms. The summed E-state index contributed by atoms with van der Waals surface area (Å²) in [6.07, 6.45) is 3.37. The van der Waals surface area contributed by atoms with Gasteiger partial charge in [-0.05, 0) is 69.0 Å². The summed E-state index contributed by atoms with van der Waals surface area (Å²) in [4.78, 5) is 31.8. The first kappa shape index (κ1) is 26.5. The molecule has 8 nitrogen and oxygen atoms in total. The highest BCUT2D eigenvalue weighted by Crippen LogP contribution is 2.39. The van der Waals surface area contributed by atoms with Crippen molar-refractivity contribution < 1.29 is 15.0 Å². The van der Waals surface area contributed by atoms with E-state index in [1.54, 1.807) is 0 Å². The molecule has 194 valence electrons. The lowest BCUT2D eigenvalue weighted by Crippen LogP contribution is -2.32. The fraction of sp³-hybridized carbons (Fsp3) is 0.462. The Kier molecular flexibility index (Phi) is 7.18. The number of likely N-dealkylation sites (N-methyl/N-ethyl adjacent to an activating group) is 1. The summed E-state index contributed by atoms with van der Waals surface area (Å²) in [5.74, 6) is -1.05. The molecule has 0 saturated carbocycles. The Hall–Kier alpha value is -2.52. The van der Waals surface area contributed by atoms with E-state index < -0.39 is 22.8 Å². The topological polar surface area (TPSA) is 102 Å². The van der Waals surface area contributed by atoms with E-state index in [2.05, 4.69) is 51.6 Å². The van der Waals surface area contributed by atoms with Crippen molar-refractivity contribution in [3.05, 3.63) is 50.9 Å². The molecule has 0 amide bonds. The summed E-state index contributed by atoms with van der Waals surface area (Å²) in [5, 5.41) is 21.1. The van der Waals surface area contributed by atoms with Crippen LogP contribution < -0.4 is 5.56 Å². The minimum atomic E-state index is -1.41. The van der Waals surface area contributed by atoms with E-state index in [-0.39, 0.29) is 24.8 Å². The van der Waals surface area contributed by atoms with Gasteiger partial charge in [0, 0.05) is 60.4 Å². The fourth-order valence-electron chi connectivity index (χ4n) is 6.45. The summed E-state index contributed by atoms with van der Waals surface area (Å²) >= 11 is 0. The van der Waals surface area contributed by atoms with Crippen LogP contribution in [0.2, 0.25) is 0 Å². The SMILES string of the molecule is CN1CCC2CN(Cc3cc4cc5c(cc4n3C)CCCc3c-5[nH]c(=O)c(C(=O)O)c3O)CC21.Cl.Cl. The van der Waals surface area contributed by atoms with Gasteiger partial charge in [-0.1, -0.05) is 0 Å². The maximum absolute atomic E-state index is 12.5. The number of aryl methyl sites for hydroxylation is 2. The molecule has 1 aliphatic carbocycles. The third-order valence-electron chi connectivity index (χ3n) is 8.30. The van der Waals surface area contributed by atoms with Crippen molar-refractivity contribution in [2.24, 2.45) is 13.0 Å². The van der Waals surface area contributed by atoms with Crippen LogP contribution in [-0.4, -0.2) is 68.3 Å². The summed E-state index contributed by atoms with van der Waals surface area (Å²) in [6, 6.07) is 7.17. The first-order chi connectivity index (χ1) is 16.3. The van der Waals surface area contributed by atoms with Crippen LogP contribution >= 0.6 is 24.8 Å². The molecule has 2 atom stereocenters. The molecule has 1 aromatic carbocycles. The van der Waals surface area contributed by atoms with Crippen LogP contribution in [0.4, 0.5) is 0 Å². The van der Waals surface area contributed by atoms with Crippen LogP contribution in [0.5, 0.6) is 5.75 Å². The predicted octanol–water partition coefficient (Wildman–Crippen LogP) is 3.41. The number of aromatic nitrogens is 2. The van der Waals surface area contributed by atoms with E-state index >= 15 is 0 Å². The highest BCUT2D eigenvalue weighted by Gasteiger charge is 2.39. The Bertz CT molecular complexity index is 1400. The number of benzene rings is 1. The molecule has 10 heteroatoms. The smallest absolute Gasteiger partial charge is 0.345 e. The van der Waals surface area contributed by atoms with Crippen LogP contribution in [0.3, 0.4) is 0 Å². The molecule has 4 heterocycles. The number of aromatic amines is 1. The van der Waals surface area contributed by atoms with E-state index in [0.29, 0.717) is 23.7 Å². The minimum Gasteiger partial charge on any atom is -0.506 e. The van der Waals surface area contributed by atoms with Crippen molar-refractivity contribution in [3.63, 3.8) is 0 Å². The number of fused-ring (bicyclic) bond motifs is 5. The Morgan fingerprint density at radius 1 is 1.14 bits per heavy atom. The zero-order valence-corrected chi connectivity index (χ0v) is 22.0. The minimum absolute atomic E-state index is 0. The van der Waals surface area contributed by atoms with Crippen LogP contribution in [0.25, 0.3) is 22.2 Å². The van der Waals surface area contributed by atoms with E-state index in [0.717, 1.165) is 60.4 Å². The molecule has 0 radical (unpaired) electrons. The van der Waals surface area contributed by atoms with Gasteiger partial charge in [0.25, 0.3) is 5.56 Å². The Morgan fingerprint density at radius 3 is 2.64 bits per heavy atom. The lowest BCUT2D eigenvalue weighted by Gasteiger charge is -2.20. The molecular weight excluding hydrogens is 503 g/mol. The van der Waals surface area contributed by atoms with Gasteiger partial charge in [-0.15, -0.1) is 24.8 Å². The number of nitrogens with zero attached hydrogens (tertiary/aromatic N) is 3. The monoisotopic (exact) mass is 534 g/mol. The summed E-state index contributed by atoms with van der Waals surface area (Å²) in [7, 11) is 4.35. The van der Waals surface area contributed by atoms with Crippen molar-refractivity contribution in [1.29, 1.82) is 0 Å². The zero-order valence-electron chi connectivity index (χ0n) is 20.4. The molecule has 36 heavy (non-hydrogen) atoms. The first-order valence-electron chi connectivity index (χ1n) is 12.1. The normalized spacial score (nSPS) is 21.3. The predicted molar refractivity (Wildman–Crippen MR) is 144 cm³/mol. The number of pyridine rings is 1. The molecule has 3 N–H and O–H groups in total. The van der Waals surface area contributed by atoms with Gasteiger partial charge >= 0.3 is 5.97 Å². The van der Waals surface area contributed by atoms with Crippen LogP contribution in [0.1, 0.15) is 40.0 Å². The number of likely N-dealkylation sites (tertiary alicyclic amines) is 2. The quantitative estimate of drug-likeness (QED) is 0.476. The van der Waals surface area contributed by atoms with Crippen molar-refractivity contribution in [2.75, 3.05) is 26.7 Å². The molecule has 2 aromatic heterocycles. The molecule has 2 saturated heterocycles. The summed E-state index contributed by atoms with van der Waals surface area (Å²) in [6.45, 7) is 4.37. The van der Waals surface area contributed by atoms with Crippen LogP contribution in [-0.2, 0) is 26.4 Å². The third kappa shape index (κ3) is 4.10. The Balaban J connectivity index is 0.00000152. The first-order valence-corrected chi connectivity index (χ1v) is 12.1. The average molecular weight is 535 g/mol.